The molecule has 8 nitrogen and oxygen atoms in total. The second-order valence-electron chi connectivity index (χ2n) is 7.03. The molecule has 2 N–H and O–H groups in total. The molecule has 1 heterocycles. The lowest BCUT2D eigenvalue weighted by Gasteiger charge is -2.31. The molecule has 0 aliphatic carbocycles. The maximum absolute atomic E-state index is 12.4. The summed E-state index contributed by atoms with van der Waals surface area (Å²) < 4.78 is 15.6. The van der Waals surface area contributed by atoms with Crippen LogP contribution in [0.5, 0.6) is 11.5 Å². The lowest BCUT2D eigenvalue weighted by molar-refractivity contribution is -0.885. The number of likely N-dealkylation sites (tertiary alicyclic amines) is 1. The van der Waals surface area contributed by atoms with Gasteiger partial charge in [0.2, 0.25) is 0 Å². The number of likely N-dealkylation sites (N-methyl/N-ethyl adjacent to an activating group) is 1. The molecular weight excluding hydrogens is 362 g/mol. The van der Waals surface area contributed by atoms with Crippen molar-refractivity contribution in [3.05, 3.63) is 23.8 Å². The van der Waals surface area contributed by atoms with Crippen molar-refractivity contribution in [3.8, 4) is 11.5 Å². The van der Waals surface area contributed by atoms with Crippen LogP contribution in [0.3, 0.4) is 0 Å². The smallest absolute Gasteiger partial charge is 0.409 e. The Labute approximate surface area is 166 Å². The van der Waals surface area contributed by atoms with E-state index in [9.17, 15) is 9.59 Å². The molecule has 1 atom stereocenters. The van der Waals surface area contributed by atoms with Crippen molar-refractivity contribution in [3.63, 3.8) is 0 Å². The summed E-state index contributed by atoms with van der Waals surface area (Å²) in [4.78, 5) is 26.9. The predicted octanol–water partition coefficient (Wildman–Crippen LogP) is 0.456. The SMILES string of the molecule is CCOC(=O)N1CCC(NC(=O)C[NH+](C)Cc2ccc(OC)c(OC)c2)CC1. The normalized spacial score (nSPS) is 15.6. The molecule has 0 radical (unpaired) electrons. The van der Waals surface area contributed by atoms with E-state index in [1.54, 1.807) is 26.0 Å². The summed E-state index contributed by atoms with van der Waals surface area (Å²) in [5.41, 5.74) is 1.07. The van der Waals surface area contributed by atoms with Gasteiger partial charge < -0.3 is 29.3 Å². The van der Waals surface area contributed by atoms with Crippen molar-refractivity contribution in [2.75, 3.05) is 47.5 Å². The highest BCUT2D eigenvalue weighted by Gasteiger charge is 2.25. The van der Waals surface area contributed by atoms with E-state index in [2.05, 4.69) is 5.32 Å². The zero-order valence-corrected chi connectivity index (χ0v) is 17.2. The zero-order chi connectivity index (χ0) is 20.5. The molecule has 1 aromatic carbocycles. The highest BCUT2D eigenvalue weighted by molar-refractivity contribution is 5.77. The van der Waals surface area contributed by atoms with Crippen LogP contribution in [0.1, 0.15) is 25.3 Å². The average Bonchev–Trinajstić information content (AvgIpc) is 2.68. The standard InChI is InChI=1S/C20H31N3O5/c1-5-28-20(25)23-10-8-16(9-11-23)21-19(24)14-22(2)13-15-6-7-17(26-3)18(12-15)27-4/h6-7,12,16H,5,8-11,13-14H2,1-4H3,(H,21,24)/p+1. The van der Waals surface area contributed by atoms with Gasteiger partial charge in [0.25, 0.3) is 5.91 Å². The third kappa shape index (κ3) is 6.30. The van der Waals surface area contributed by atoms with Gasteiger partial charge in [0.05, 0.1) is 27.9 Å². The van der Waals surface area contributed by atoms with Crippen LogP contribution in [-0.2, 0) is 16.1 Å². The van der Waals surface area contributed by atoms with E-state index in [0.29, 0.717) is 44.3 Å². The Morgan fingerprint density at radius 3 is 2.46 bits per heavy atom. The lowest BCUT2D eigenvalue weighted by Crippen LogP contribution is -3.09. The van der Waals surface area contributed by atoms with E-state index < -0.39 is 0 Å². The van der Waals surface area contributed by atoms with Crippen molar-refractivity contribution in [1.29, 1.82) is 0 Å². The number of benzene rings is 1. The number of quaternary nitrogens is 1. The van der Waals surface area contributed by atoms with E-state index in [1.807, 2.05) is 25.2 Å². The summed E-state index contributed by atoms with van der Waals surface area (Å²) >= 11 is 0. The molecular formula is C20H32N3O5+. The molecule has 1 fully saturated rings. The maximum atomic E-state index is 12.4. The van der Waals surface area contributed by atoms with Gasteiger partial charge in [-0.15, -0.1) is 0 Å². The monoisotopic (exact) mass is 394 g/mol. The van der Waals surface area contributed by atoms with Crippen molar-refractivity contribution in [1.82, 2.24) is 10.2 Å². The van der Waals surface area contributed by atoms with Crippen LogP contribution in [-0.4, -0.2) is 70.5 Å². The van der Waals surface area contributed by atoms with Gasteiger partial charge >= 0.3 is 6.09 Å². The van der Waals surface area contributed by atoms with E-state index in [-0.39, 0.29) is 18.0 Å². The summed E-state index contributed by atoms with van der Waals surface area (Å²) in [6.45, 7) is 4.48. The number of hydrogen-bond donors (Lipinski definition) is 2. The first-order valence-corrected chi connectivity index (χ1v) is 9.70. The highest BCUT2D eigenvalue weighted by atomic mass is 16.6. The number of hydrogen-bond acceptors (Lipinski definition) is 5. The first-order chi connectivity index (χ1) is 13.5. The number of nitrogens with one attached hydrogen (secondary N) is 2. The fraction of sp³-hybridized carbons (Fsp3) is 0.600. The molecule has 28 heavy (non-hydrogen) atoms. The molecule has 0 aromatic heterocycles. The third-order valence-electron chi connectivity index (χ3n) is 4.80. The van der Waals surface area contributed by atoms with Gasteiger partial charge in [-0.25, -0.2) is 4.79 Å². The minimum Gasteiger partial charge on any atom is -0.493 e. The molecule has 1 aromatic rings. The van der Waals surface area contributed by atoms with E-state index in [4.69, 9.17) is 14.2 Å². The summed E-state index contributed by atoms with van der Waals surface area (Å²) in [5.74, 6) is 1.40. The van der Waals surface area contributed by atoms with Crippen LogP contribution in [0.25, 0.3) is 0 Å². The lowest BCUT2D eigenvalue weighted by atomic mass is 10.1. The molecule has 1 saturated heterocycles. The number of amides is 2. The first-order valence-electron chi connectivity index (χ1n) is 9.70. The number of carbonyl (C=O) groups is 2. The molecule has 0 saturated carbocycles. The molecule has 0 bridgehead atoms. The second-order valence-corrected chi connectivity index (χ2v) is 7.03. The van der Waals surface area contributed by atoms with Crippen molar-refractivity contribution in [2.45, 2.75) is 32.4 Å². The predicted molar refractivity (Wildman–Crippen MR) is 105 cm³/mol. The second kappa shape index (κ2) is 10.8. The van der Waals surface area contributed by atoms with Crippen LogP contribution in [0, 0.1) is 0 Å². The summed E-state index contributed by atoms with van der Waals surface area (Å²) in [7, 11) is 5.20. The fourth-order valence-corrected chi connectivity index (χ4v) is 3.38. The minimum atomic E-state index is -0.272. The molecule has 0 spiro atoms. The van der Waals surface area contributed by atoms with Crippen LogP contribution in [0.15, 0.2) is 18.2 Å². The van der Waals surface area contributed by atoms with Crippen LogP contribution < -0.4 is 19.7 Å². The first kappa shape index (κ1) is 21.8. The molecule has 1 aliphatic rings. The number of nitrogens with zero attached hydrogens (tertiary/aromatic N) is 1. The van der Waals surface area contributed by atoms with E-state index >= 15 is 0 Å². The Morgan fingerprint density at radius 2 is 1.86 bits per heavy atom. The summed E-state index contributed by atoms with van der Waals surface area (Å²) in [6.07, 6.45) is 1.23. The Kier molecular flexibility index (Phi) is 8.38. The van der Waals surface area contributed by atoms with Gasteiger partial charge in [-0.1, -0.05) is 0 Å². The molecule has 1 unspecified atom stereocenters. The number of methoxy groups -OCH3 is 2. The van der Waals surface area contributed by atoms with Crippen molar-refractivity contribution >= 4 is 12.0 Å². The zero-order valence-electron chi connectivity index (χ0n) is 17.2. The third-order valence-corrected chi connectivity index (χ3v) is 4.80. The Morgan fingerprint density at radius 1 is 1.18 bits per heavy atom. The molecule has 8 heteroatoms. The minimum absolute atomic E-state index is 0.0209. The van der Waals surface area contributed by atoms with Gasteiger partial charge in [-0.2, -0.15) is 0 Å². The molecule has 2 rings (SSSR count). The maximum Gasteiger partial charge on any atom is 0.409 e. The van der Waals surface area contributed by atoms with Gasteiger partial charge in [0, 0.05) is 24.7 Å². The number of carbonyl (C=O) groups excluding carboxylic acids is 2. The average molecular weight is 394 g/mol. The fourth-order valence-electron chi connectivity index (χ4n) is 3.38. The Hall–Kier alpha value is -2.48. The summed E-state index contributed by atoms with van der Waals surface area (Å²) in [6, 6.07) is 5.89. The number of piperidine rings is 1. The number of ether oxygens (including phenoxy) is 3. The van der Waals surface area contributed by atoms with Crippen LogP contribution in [0.2, 0.25) is 0 Å². The number of rotatable bonds is 8. The Balaban J connectivity index is 1.76. The van der Waals surface area contributed by atoms with Gasteiger partial charge in [0.15, 0.2) is 18.0 Å². The van der Waals surface area contributed by atoms with Gasteiger partial charge in [0.1, 0.15) is 6.54 Å². The largest absolute Gasteiger partial charge is 0.493 e. The topological polar surface area (TPSA) is 81.5 Å². The quantitative estimate of drug-likeness (QED) is 0.669. The highest BCUT2D eigenvalue weighted by Crippen LogP contribution is 2.27. The van der Waals surface area contributed by atoms with Crippen LogP contribution >= 0.6 is 0 Å². The van der Waals surface area contributed by atoms with Crippen molar-refractivity contribution < 1.29 is 28.7 Å². The van der Waals surface area contributed by atoms with E-state index in [1.165, 1.54) is 0 Å². The Bertz CT molecular complexity index is 659. The van der Waals surface area contributed by atoms with E-state index in [0.717, 1.165) is 23.3 Å². The van der Waals surface area contributed by atoms with Gasteiger partial charge in [-0.05, 0) is 38.0 Å². The molecule has 156 valence electrons. The molecule has 2 amide bonds. The van der Waals surface area contributed by atoms with Crippen LogP contribution in [0.4, 0.5) is 4.79 Å². The van der Waals surface area contributed by atoms with Gasteiger partial charge in [-0.3, -0.25) is 4.79 Å². The summed E-state index contributed by atoms with van der Waals surface area (Å²) in [5, 5.41) is 3.08. The van der Waals surface area contributed by atoms with Crippen molar-refractivity contribution in [2.24, 2.45) is 0 Å². The molecule has 1 aliphatic heterocycles.